The molecule has 0 unspecified atom stereocenters. The van der Waals surface area contributed by atoms with Crippen LogP contribution in [0.5, 0.6) is 0 Å². The van der Waals surface area contributed by atoms with Crippen molar-refractivity contribution in [3.05, 3.63) is 41.5 Å². The first kappa shape index (κ1) is 19.6. The van der Waals surface area contributed by atoms with Crippen molar-refractivity contribution in [3.63, 3.8) is 0 Å². The van der Waals surface area contributed by atoms with E-state index in [0.29, 0.717) is 5.92 Å². The molecule has 1 aromatic carbocycles. The van der Waals surface area contributed by atoms with Crippen molar-refractivity contribution in [3.8, 4) is 11.1 Å². The Balaban J connectivity index is 1.28. The highest BCUT2D eigenvalue weighted by molar-refractivity contribution is 7.17. The van der Waals surface area contributed by atoms with E-state index in [2.05, 4.69) is 45.5 Å². The predicted octanol–water partition coefficient (Wildman–Crippen LogP) is 4.78. The number of hydrogen-bond donors (Lipinski definition) is 0. The lowest BCUT2D eigenvalue weighted by molar-refractivity contribution is 0.0289. The van der Waals surface area contributed by atoms with Crippen molar-refractivity contribution in [2.75, 3.05) is 50.8 Å². The van der Waals surface area contributed by atoms with Gasteiger partial charge in [0.15, 0.2) is 0 Å². The lowest BCUT2D eigenvalue weighted by Gasteiger charge is -2.36. The van der Waals surface area contributed by atoms with Crippen LogP contribution in [0.4, 0.5) is 5.82 Å². The van der Waals surface area contributed by atoms with Crippen LogP contribution in [0.15, 0.2) is 35.7 Å². The third-order valence-corrected chi connectivity index (χ3v) is 7.87. The molecule has 0 N–H and O–H groups in total. The minimum Gasteiger partial charge on any atom is -0.379 e. The first-order valence-electron chi connectivity index (χ1n) is 11.7. The van der Waals surface area contributed by atoms with Gasteiger partial charge in [-0.05, 0) is 37.2 Å². The fourth-order valence-electron chi connectivity index (χ4n) is 5.00. The van der Waals surface area contributed by atoms with Gasteiger partial charge in [-0.2, -0.15) is 0 Å². The van der Waals surface area contributed by atoms with Crippen LogP contribution in [0.1, 0.15) is 37.4 Å². The molecule has 0 amide bonds. The van der Waals surface area contributed by atoms with Gasteiger partial charge in [0.1, 0.15) is 16.5 Å². The average Bonchev–Trinajstić information content (AvgIpc) is 3.59. The molecule has 2 saturated heterocycles. The highest BCUT2D eigenvalue weighted by Gasteiger charge is 2.31. The van der Waals surface area contributed by atoms with Gasteiger partial charge in [0, 0.05) is 49.6 Å². The number of rotatable bonds is 5. The van der Waals surface area contributed by atoms with Crippen molar-refractivity contribution < 1.29 is 4.74 Å². The Morgan fingerprint density at radius 3 is 2.45 bits per heavy atom. The van der Waals surface area contributed by atoms with Gasteiger partial charge < -0.3 is 9.64 Å². The lowest BCUT2D eigenvalue weighted by Crippen LogP contribution is -2.43. The van der Waals surface area contributed by atoms with Crippen LogP contribution in [-0.4, -0.2) is 60.8 Å². The summed E-state index contributed by atoms with van der Waals surface area (Å²) in [5, 5.41) is 3.53. The van der Waals surface area contributed by atoms with E-state index < -0.39 is 0 Å². The maximum Gasteiger partial charge on any atom is 0.141 e. The van der Waals surface area contributed by atoms with E-state index in [9.17, 15) is 0 Å². The number of piperidine rings is 1. The predicted molar refractivity (Wildman–Crippen MR) is 127 cm³/mol. The number of nitrogens with zero attached hydrogens (tertiary/aromatic N) is 4. The quantitative estimate of drug-likeness (QED) is 0.578. The highest BCUT2D eigenvalue weighted by atomic mass is 32.1. The lowest BCUT2D eigenvalue weighted by atomic mass is 9.95. The molecule has 0 radical (unpaired) electrons. The summed E-state index contributed by atoms with van der Waals surface area (Å²) in [7, 11) is 0. The molecule has 3 aliphatic rings. The third kappa shape index (κ3) is 4.09. The number of thiophene rings is 1. The van der Waals surface area contributed by atoms with Crippen LogP contribution in [0.2, 0.25) is 0 Å². The summed E-state index contributed by atoms with van der Waals surface area (Å²) >= 11 is 1.77. The normalized spacial score (nSPS) is 21.1. The van der Waals surface area contributed by atoms with Gasteiger partial charge in [0.2, 0.25) is 0 Å². The smallest absolute Gasteiger partial charge is 0.141 e. The minimum atomic E-state index is 0.573. The molecule has 3 aromatic rings. The van der Waals surface area contributed by atoms with Crippen molar-refractivity contribution in [1.82, 2.24) is 14.9 Å². The van der Waals surface area contributed by atoms with Crippen molar-refractivity contribution in [2.45, 2.75) is 31.6 Å². The Hall–Kier alpha value is -2.02. The topological polar surface area (TPSA) is 41.5 Å². The van der Waals surface area contributed by atoms with Crippen molar-refractivity contribution >= 4 is 27.4 Å². The van der Waals surface area contributed by atoms with Crippen LogP contribution in [-0.2, 0) is 4.74 Å². The van der Waals surface area contributed by atoms with E-state index in [1.54, 1.807) is 11.3 Å². The second-order valence-corrected chi connectivity index (χ2v) is 10.1. The number of hydrogen-bond acceptors (Lipinski definition) is 6. The molecule has 0 bridgehead atoms. The van der Waals surface area contributed by atoms with Crippen LogP contribution >= 0.6 is 11.3 Å². The summed E-state index contributed by atoms with van der Waals surface area (Å²) in [5.41, 5.74) is 2.55. The van der Waals surface area contributed by atoms with Gasteiger partial charge in [-0.3, -0.25) is 4.90 Å². The van der Waals surface area contributed by atoms with Gasteiger partial charge in [-0.25, -0.2) is 9.97 Å². The summed E-state index contributed by atoms with van der Waals surface area (Å²) in [6.45, 7) is 7.37. The molecule has 0 spiro atoms. The molecule has 162 valence electrons. The molecular weight excluding hydrogens is 404 g/mol. The molecule has 5 nitrogen and oxygen atoms in total. The Morgan fingerprint density at radius 2 is 1.71 bits per heavy atom. The maximum absolute atomic E-state index is 5.52. The fraction of sp³-hybridized carbons (Fsp3) is 0.520. The zero-order valence-corrected chi connectivity index (χ0v) is 18.8. The number of aromatic nitrogens is 2. The molecule has 0 atom stereocenters. The monoisotopic (exact) mass is 434 g/mol. The summed E-state index contributed by atoms with van der Waals surface area (Å²) in [5.74, 6) is 3.60. The van der Waals surface area contributed by atoms with Crippen LogP contribution < -0.4 is 4.90 Å². The molecule has 3 fully saturated rings. The molecule has 4 heterocycles. The molecule has 1 aliphatic carbocycles. The highest BCUT2D eigenvalue weighted by Crippen LogP contribution is 2.44. The van der Waals surface area contributed by atoms with Crippen LogP contribution in [0.25, 0.3) is 21.3 Å². The zero-order chi connectivity index (χ0) is 20.6. The maximum atomic E-state index is 5.52. The first-order valence-corrected chi connectivity index (χ1v) is 12.6. The van der Waals surface area contributed by atoms with E-state index >= 15 is 0 Å². The van der Waals surface area contributed by atoms with E-state index in [4.69, 9.17) is 14.7 Å². The SMILES string of the molecule is c1ccc(-c2csc3nc(C4CC4)nc(N4CCC(CN5CCOCC5)CC4)c23)cc1. The molecule has 2 aliphatic heterocycles. The number of ether oxygens (including phenoxy) is 1. The summed E-state index contributed by atoms with van der Waals surface area (Å²) < 4.78 is 5.52. The second kappa shape index (κ2) is 8.49. The number of benzene rings is 1. The van der Waals surface area contributed by atoms with Crippen LogP contribution in [0, 0.1) is 5.92 Å². The van der Waals surface area contributed by atoms with Crippen molar-refractivity contribution in [2.24, 2.45) is 5.92 Å². The summed E-state index contributed by atoms with van der Waals surface area (Å²) in [6, 6.07) is 10.7. The Kier molecular flexibility index (Phi) is 5.38. The Morgan fingerprint density at radius 1 is 0.935 bits per heavy atom. The Bertz CT molecular complexity index is 1030. The van der Waals surface area contributed by atoms with E-state index in [0.717, 1.165) is 56.0 Å². The van der Waals surface area contributed by atoms with Gasteiger partial charge in [0.05, 0.1) is 18.6 Å². The summed E-state index contributed by atoms with van der Waals surface area (Å²) in [6.07, 6.45) is 4.96. The van der Waals surface area contributed by atoms with Gasteiger partial charge in [-0.15, -0.1) is 11.3 Å². The standard InChI is InChI=1S/C25H30N4OS/c1-2-4-19(5-3-1)21-17-31-25-22(21)24(26-23(27-25)20-6-7-20)29-10-8-18(9-11-29)16-28-12-14-30-15-13-28/h1-5,17-18,20H,6-16H2. The summed E-state index contributed by atoms with van der Waals surface area (Å²) in [4.78, 5) is 16.5. The fourth-order valence-corrected chi connectivity index (χ4v) is 5.95. The third-order valence-electron chi connectivity index (χ3n) is 6.99. The second-order valence-electron chi connectivity index (χ2n) is 9.22. The zero-order valence-electron chi connectivity index (χ0n) is 18.0. The average molecular weight is 435 g/mol. The molecule has 6 rings (SSSR count). The van der Waals surface area contributed by atoms with E-state index in [1.165, 1.54) is 54.6 Å². The molecule has 1 saturated carbocycles. The molecule has 31 heavy (non-hydrogen) atoms. The van der Waals surface area contributed by atoms with E-state index in [-0.39, 0.29) is 0 Å². The van der Waals surface area contributed by atoms with E-state index in [1.807, 2.05) is 0 Å². The van der Waals surface area contributed by atoms with Crippen molar-refractivity contribution in [1.29, 1.82) is 0 Å². The molecule has 2 aromatic heterocycles. The number of fused-ring (bicyclic) bond motifs is 1. The minimum absolute atomic E-state index is 0.573. The molecule has 6 heteroatoms. The van der Waals surface area contributed by atoms with Gasteiger partial charge >= 0.3 is 0 Å². The number of morpholine rings is 1. The van der Waals surface area contributed by atoms with Gasteiger partial charge in [-0.1, -0.05) is 30.3 Å². The van der Waals surface area contributed by atoms with Crippen LogP contribution in [0.3, 0.4) is 0 Å². The largest absolute Gasteiger partial charge is 0.379 e. The Labute approximate surface area is 188 Å². The molecular formula is C25H30N4OS. The number of anilines is 1. The first-order chi connectivity index (χ1) is 15.3. The van der Waals surface area contributed by atoms with Gasteiger partial charge in [0.25, 0.3) is 0 Å².